The third kappa shape index (κ3) is 7.74. The summed E-state index contributed by atoms with van der Waals surface area (Å²) < 4.78 is 49.4. The molecular formula is C24H32F3N5O4. The van der Waals surface area contributed by atoms with Crippen molar-refractivity contribution in [3.05, 3.63) is 53.2 Å². The largest absolute Gasteiger partial charge is 0.447 e. The number of hydrogen-bond acceptors (Lipinski definition) is 8. The average Bonchev–Trinajstić information content (AvgIpc) is 3.32. The monoisotopic (exact) mass is 511 g/mol. The lowest BCUT2D eigenvalue weighted by Crippen LogP contribution is -2.50. The first-order chi connectivity index (χ1) is 17.3. The first kappa shape index (κ1) is 26.6. The third-order valence-corrected chi connectivity index (χ3v) is 6.36. The number of rotatable bonds is 9. The van der Waals surface area contributed by atoms with Gasteiger partial charge in [-0.2, -0.15) is 13.2 Å². The normalized spacial score (nSPS) is 19.3. The number of nitrogens with one attached hydrogen (secondary N) is 1. The molecule has 2 aliphatic rings. The molecule has 2 N–H and O–H groups in total. The van der Waals surface area contributed by atoms with Crippen molar-refractivity contribution in [2.75, 3.05) is 65.6 Å². The van der Waals surface area contributed by atoms with E-state index in [2.05, 4.69) is 25.0 Å². The van der Waals surface area contributed by atoms with E-state index in [0.717, 1.165) is 51.4 Å². The molecule has 0 aliphatic carbocycles. The fourth-order valence-electron chi connectivity index (χ4n) is 4.38. The minimum Gasteiger partial charge on any atom is -0.447 e. The van der Waals surface area contributed by atoms with Crippen molar-refractivity contribution in [1.82, 2.24) is 25.0 Å². The van der Waals surface area contributed by atoms with Gasteiger partial charge in [0, 0.05) is 58.9 Å². The van der Waals surface area contributed by atoms with Gasteiger partial charge in [0.1, 0.15) is 6.26 Å². The number of ether oxygens (including phenoxy) is 1. The van der Waals surface area contributed by atoms with Crippen LogP contribution in [-0.4, -0.2) is 102 Å². The predicted octanol–water partition coefficient (Wildman–Crippen LogP) is 1.43. The number of oxazole rings is 1. The Hall–Kier alpha value is -2.51. The van der Waals surface area contributed by atoms with Gasteiger partial charge in [0.15, 0.2) is 5.69 Å². The number of β-amino-alcohol motifs (C(OH)–C–C–N with tert-alkyl or cyclic N) is 1. The first-order valence-corrected chi connectivity index (χ1v) is 12.1. The van der Waals surface area contributed by atoms with E-state index in [0.29, 0.717) is 44.3 Å². The summed E-state index contributed by atoms with van der Waals surface area (Å²) in [4.78, 5) is 23.2. The molecule has 1 amide bonds. The van der Waals surface area contributed by atoms with Crippen molar-refractivity contribution in [2.45, 2.75) is 25.4 Å². The molecule has 4 rings (SSSR count). The van der Waals surface area contributed by atoms with Gasteiger partial charge in [-0.15, -0.1) is 0 Å². The number of piperazine rings is 1. The summed E-state index contributed by atoms with van der Waals surface area (Å²) in [5.74, 6) is -0.110. The quantitative estimate of drug-likeness (QED) is 0.523. The van der Waals surface area contributed by atoms with Crippen LogP contribution in [0, 0.1) is 0 Å². The molecule has 36 heavy (non-hydrogen) atoms. The zero-order chi connectivity index (χ0) is 25.5. The highest BCUT2D eigenvalue weighted by molar-refractivity contribution is 5.91. The van der Waals surface area contributed by atoms with Crippen molar-refractivity contribution < 1.29 is 32.2 Å². The van der Waals surface area contributed by atoms with Crippen molar-refractivity contribution in [3.63, 3.8) is 0 Å². The molecule has 198 valence electrons. The lowest BCUT2D eigenvalue weighted by atomic mass is 10.1. The Morgan fingerprint density at radius 2 is 1.72 bits per heavy atom. The number of alkyl halides is 3. The molecule has 2 aromatic rings. The van der Waals surface area contributed by atoms with Gasteiger partial charge in [-0.1, -0.05) is 12.1 Å². The van der Waals surface area contributed by atoms with Gasteiger partial charge in [0.2, 0.25) is 5.89 Å². The van der Waals surface area contributed by atoms with Crippen LogP contribution in [0.2, 0.25) is 0 Å². The highest BCUT2D eigenvalue weighted by Crippen LogP contribution is 2.29. The van der Waals surface area contributed by atoms with Crippen LogP contribution >= 0.6 is 0 Å². The van der Waals surface area contributed by atoms with E-state index in [1.807, 2.05) is 0 Å². The number of carbonyl (C=O) groups is 1. The van der Waals surface area contributed by atoms with E-state index in [-0.39, 0.29) is 12.2 Å². The number of aromatic nitrogens is 1. The topological polar surface area (TPSA) is 94.3 Å². The van der Waals surface area contributed by atoms with Crippen LogP contribution < -0.4 is 5.32 Å². The second-order valence-electron chi connectivity index (χ2n) is 9.15. The number of benzene rings is 1. The molecule has 9 nitrogen and oxygen atoms in total. The minimum atomic E-state index is -4.44. The van der Waals surface area contributed by atoms with Gasteiger partial charge >= 0.3 is 6.18 Å². The molecule has 1 aromatic heterocycles. The summed E-state index contributed by atoms with van der Waals surface area (Å²) in [6.07, 6.45) is -3.58. The van der Waals surface area contributed by atoms with Gasteiger partial charge in [-0.25, -0.2) is 4.98 Å². The zero-order valence-corrected chi connectivity index (χ0v) is 20.0. The van der Waals surface area contributed by atoms with Gasteiger partial charge in [0.05, 0.1) is 31.4 Å². The number of aliphatic hydroxyl groups is 1. The molecule has 2 fully saturated rings. The number of hydrogen-bond donors (Lipinski definition) is 2. The maximum Gasteiger partial charge on any atom is 0.416 e. The second kappa shape index (κ2) is 12.2. The summed E-state index contributed by atoms with van der Waals surface area (Å²) in [5, 5.41) is 13.0. The number of amides is 1. The average molecular weight is 512 g/mol. The van der Waals surface area contributed by atoms with Crippen LogP contribution in [0.25, 0.3) is 0 Å². The Balaban J connectivity index is 1.18. The number of halogens is 3. The van der Waals surface area contributed by atoms with Gasteiger partial charge < -0.3 is 19.6 Å². The fourth-order valence-corrected chi connectivity index (χ4v) is 4.38. The number of carbonyl (C=O) groups excluding carboxylic acids is 1. The van der Waals surface area contributed by atoms with Crippen LogP contribution in [0.1, 0.15) is 27.5 Å². The van der Waals surface area contributed by atoms with Crippen LogP contribution in [0.15, 0.2) is 34.9 Å². The zero-order valence-electron chi connectivity index (χ0n) is 20.0. The van der Waals surface area contributed by atoms with Gasteiger partial charge in [-0.05, 0) is 17.7 Å². The van der Waals surface area contributed by atoms with Gasteiger partial charge in [-0.3, -0.25) is 19.5 Å². The molecule has 12 heteroatoms. The Kier molecular flexibility index (Phi) is 8.96. The first-order valence-electron chi connectivity index (χ1n) is 12.1. The van der Waals surface area contributed by atoms with Crippen molar-refractivity contribution in [1.29, 1.82) is 0 Å². The number of aliphatic hydroxyl groups excluding tert-OH is 1. The van der Waals surface area contributed by atoms with Crippen molar-refractivity contribution >= 4 is 5.91 Å². The van der Waals surface area contributed by atoms with E-state index in [4.69, 9.17) is 9.15 Å². The maximum absolute atomic E-state index is 12.9. The van der Waals surface area contributed by atoms with E-state index in [1.54, 1.807) is 0 Å². The van der Waals surface area contributed by atoms with Crippen LogP contribution in [0.4, 0.5) is 13.2 Å². The fraction of sp³-hybridized carbons (Fsp3) is 0.583. The standard InChI is InChI=1S/C24H32F3N5O4/c25-24(26,27)19-3-1-2-18(12-19)13-28-23(34)21-17-36-22(29-21)16-31-6-4-30(5-7-31)14-20(33)15-32-8-10-35-11-9-32/h1-3,12,17,20,33H,4-11,13-16H2,(H,28,34). The minimum absolute atomic E-state index is 0.0513. The molecule has 0 saturated carbocycles. The molecular weight excluding hydrogens is 479 g/mol. The van der Waals surface area contributed by atoms with Crippen LogP contribution in [0.5, 0.6) is 0 Å². The molecule has 0 spiro atoms. The number of nitrogens with zero attached hydrogens (tertiary/aromatic N) is 4. The third-order valence-electron chi connectivity index (χ3n) is 6.36. The molecule has 1 unspecified atom stereocenters. The molecule has 2 saturated heterocycles. The second-order valence-corrected chi connectivity index (χ2v) is 9.15. The van der Waals surface area contributed by atoms with Crippen molar-refractivity contribution in [3.8, 4) is 0 Å². The van der Waals surface area contributed by atoms with E-state index in [9.17, 15) is 23.1 Å². The molecule has 3 heterocycles. The van der Waals surface area contributed by atoms with Crippen LogP contribution in [-0.2, 0) is 24.0 Å². The van der Waals surface area contributed by atoms with Crippen LogP contribution in [0.3, 0.4) is 0 Å². The maximum atomic E-state index is 12.9. The summed E-state index contributed by atoms with van der Waals surface area (Å²) in [6, 6.07) is 4.83. The highest BCUT2D eigenvalue weighted by atomic mass is 19.4. The lowest BCUT2D eigenvalue weighted by Gasteiger charge is -2.36. The number of morpholine rings is 1. The highest BCUT2D eigenvalue weighted by Gasteiger charge is 2.30. The van der Waals surface area contributed by atoms with Gasteiger partial charge in [0.25, 0.3) is 5.91 Å². The summed E-state index contributed by atoms with van der Waals surface area (Å²) >= 11 is 0. The Morgan fingerprint density at radius 3 is 2.42 bits per heavy atom. The Bertz CT molecular complexity index is 988. The Labute approximate surface area is 207 Å². The molecule has 2 aliphatic heterocycles. The smallest absolute Gasteiger partial charge is 0.416 e. The summed E-state index contributed by atoms with van der Waals surface area (Å²) in [5.41, 5.74) is -0.332. The van der Waals surface area contributed by atoms with E-state index < -0.39 is 23.8 Å². The Morgan fingerprint density at radius 1 is 1.06 bits per heavy atom. The summed E-state index contributed by atoms with van der Waals surface area (Å²) in [6.45, 7) is 7.99. The van der Waals surface area contributed by atoms with Crippen molar-refractivity contribution in [2.24, 2.45) is 0 Å². The molecule has 0 radical (unpaired) electrons. The lowest BCUT2D eigenvalue weighted by molar-refractivity contribution is -0.137. The molecule has 1 aromatic carbocycles. The summed E-state index contributed by atoms with van der Waals surface area (Å²) in [7, 11) is 0. The SMILES string of the molecule is O=C(NCc1cccc(C(F)(F)F)c1)c1coc(CN2CCN(CC(O)CN3CCOCC3)CC2)n1. The predicted molar refractivity (Wildman–Crippen MR) is 124 cm³/mol. The van der Waals surface area contributed by atoms with E-state index in [1.165, 1.54) is 18.4 Å². The molecule has 1 atom stereocenters. The molecule has 0 bridgehead atoms. The van der Waals surface area contributed by atoms with E-state index >= 15 is 0 Å².